The minimum Gasteiger partial charge on any atom is -0.488 e. The summed E-state index contributed by atoms with van der Waals surface area (Å²) >= 11 is 0. The van der Waals surface area contributed by atoms with Gasteiger partial charge in [-0.15, -0.1) is 0 Å². The summed E-state index contributed by atoms with van der Waals surface area (Å²) in [6, 6.07) is 6.52. The van der Waals surface area contributed by atoms with Crippen LogP contribution >= 0.6 is 0 Å². The van der Waals surface area contributed by atoms with Crippen molar-refractivity contribution >= 4 is 15.7 Å². The lowest BCUT2D eigenvalue weighted by atomic mass is 10.1. The Morgan fingerprint density at radius 3 is 2.76 bits per heavy atom. The number of rotatable bonds is 5. The third-order valence-corrected chi connectivity index (χ3v) is 6.02. The Hall–Kier alpha value is -2.35. The largest absolute Gasteiger partial charge is 0.488 e. The van der Waals surface area contributed by atoms with E-state index in [0.717, 1.165) is 11.3 Å². The number of aryl methyl sites for hydroxylation is 2. The van der Waals surface area contributed by atoms with Gasteiger partial charge in [0.05, 0.1) is 28.3 Å². The van der Waals surface area contributed by atoms with Crippen LogP contribution in [0.1, 0.15) is 33.8 Å². The van der Waals surface area contributed by atoms with Crippen LogP contribution in [0.4, 0.5) is 0 Å². The fourth-order valence-corrected chi connectivity index (χ4v) is 4.48. The van der Waals surface area contributed by atoms with Gasteiger partial charge in [-0.25, -0.2) is 8.42 Å². The maximum Gasteiger partial charge on any atom is 0.255 e. The average Bonchev–Trinajstić information content (AvgIpc) is 3.07. The molecule has 1 atom stereocenters. The highest BCUT2D eigenvalue weighted by atomic mass is 32.2. The molecule has 0 spiro atoms. The van der Waals surface area contributed by atoms with Crippen molar-refractivity contribution in [1.29, 1.82) is 0 Å². The molecule has 2 heterocycles. The zero-order valence-electron chi connectivity index (χ0n) is 14.1. The van der Waals surface area contributed by atoms with E-state index in [4.69, 9.17) is 9.26 Å². The molecule has 8 heteroatoms. The molecule has 1 saturated heterocycles. The molecule has 134 valence electrons. The van der Waals surface area contributed by atoms with Gasteiger partial charge in [0.15, 0.2) is 9.84 Å². The predicted molar refractivity (Wildman–Crippen MR) is 91.3 cm³/mol. The third-order valence-electron chi connectivity index (χ3n) is 4.25. The summed E-state index contributed by atoms with van der Waals surface area (Å²) in [6.45, 7) is 3.87. The summed E-state index contributed by atoms with van der Waals surface area (Å²) in [4.78, 5) is 12.5. The molecular weight excluding hydrogens is 344 g/mol. The number of sulfone groups is 1. The number of nitrogens with zero attached hydrogens (tertiary/aromatic N) is 1. The van der Waals surface area contributed by atoms with Crippen molar-refractivity contribution in [3.63, 3.8) is 0 Å². The second kappa shape index (κ2) is 6.87. The molecule has 2 aromatic rings. The zero-order chi connectivity index (χ0) is 18.0. The highest BCUT2D eigenvalue weighted by Crippen LogP contribution is 2.22. The van der Waals surface area contributed by atoms with E-state index in [2.05, 4.69) is 10.5 Å². The summed E-state index contributed by atoms with van der Waals surface area (Å²) in [7, 11) is -3.05. The summed E-state index contributed by atoms with van der Waals surface area (Å²) in [5.41, 5.74) is 1.96. The molecule has 3 rings (SSSR count). The quantitative estimate of drug-likeness (QED) is 0.868. The van der Waals surface area contributed by atoms with Gasteiger partial charge < -0.3 is 14.6 Å². The number of hydrogen-bond acceptors (Lipinski definition) is 6. The van der Waals surface area contributed by atoms with Crippen LogP contribution in [0.5, 0.6) is 5.75 Å². The van der Waals surface area contributed by atoms with Crippen LogP contribution in [0.3, 0.4) is 0 Å². The molecule has 1 fully saturated rings. The molecule has 0 radical (unpaired) electrons. The Kier molecular flexibility index (Phi) is 4.80. The lowest BCUT2D eigenvalue weighted by Gasteiger charge is -2.14. The van der Waals surface area contributed by atoms with Crippen LogP contribution < -0.4 is 10.1 Å². The predicted octanol–water partition coefficient (Wildman–Crippen LogP) is 1.79. The van der Waals surface area contributed by atoms with Gasteiger partial charge in [-0.3, -0.25) is 4.79 Å². The standard InChI is InChI=1S/C17H20N2O5S/c1-11-15(12(2)24-19-11)9-23-16-6-4-3-5-14(16)17(20)18-13-7-8-25(21,22)10-13/h3-6,13H,7-10H2,1-2H3,(H,18,20)/t13-/m1/s1. The van der Waals surface area contributed by atoms with Gasteiger partial charge in [0.2, 0.25) is 0 Å². The lowest BCUT2D eigenvalue weighted by molar-refractivity contribution is 0.0936. The highest BCUT2D eigenvalue weighted by Gasteiger charge is 2.29. The molecule has 1 aliphatic heterocycles. The average molecular weight is 364 g/mol. The summed E-state index contributed by atoms with van der Waals surface area (Å²) < 4.78 is 34.0. The van der Waals surface area contributed by atoms with Gasteiger partial charge >= 0.3 is 0 Å². The molecule has 0 saturated carbocycles. The molecule has 7 nitrogen and oxygen atoms in total. The topological polar surface area (TPSA) is 98.5 Å². The van der Waals surface area contributed by atoms with Crippen LogP contribution in [0, 0.1) is 13.8 Å². The van der Waals surface area contributed by atoms with Crippen molar-refractivity contribution < 1.29 is 22.5 Å². The van der Waals surface area contributed by atoms with Crippen LogP contribution in [-0.4, -0.2) is 37.0 Å². The number of aromatic nitrogens is 1. The zero-order valence-corrected chi connectivity index (χ0v) is 14.9. The van der Waals surface area contributed by atoms with Crippen LogP contribution in [0.15, 0.2) is 28.8 Å². The van der Waals surface area contributed by atoms with E-state index in [-0.39, 0.29) is 30.1 Å². The molecule has 1 aromatic carbocycles. The third kappa shape index (κ3) is 4.01. The molecule has 1 aliphatic rings. The van der Waals surface area contributed by atoms with Crippen molar-refractivity contribution in [2.75, 3.05) is 11.5 Å². The highest BCUT2D eigenvalue weighted by molar-refractivity contribution is 7.91. The number of benzene rings is 1. The minimum absolute atomic E-state index is 0.0131. The van der Waals surface area contributed by atoms with Crippen molar-refractivity contribution in [1.82, 2.24) is 10.5 Å². The molecule has 1 aromatic heterocycles. The first-order valence-corrected chi connectivity index (χ1v) is 9.83. The van der Waals surface area contributed by atoms with E-state index in [0.29, 0.717) is 23.5 Å². The maximum atomic E-state index is 12.5. The van der Waals surface area contributed by atoms with E-state index in [1.807, 2.05) is 6.92 Å². The smallest absolute Gasteiger partial charge is 0.255 e. The van der Waals surface area contributed by atoms with E-state index in [1.165, 1.54) is 0 Å². The first-order chi connectivity index (χ1) is 11.9. The Balaban J connectivity index is 1.71. The SMILES string of the molecule is Cc1noc(C)c1COc1ccccc1C(=O)N[C@@H]1CCS(=O)(=O)C1. The molecule has 0 bridgehead atoms. The van der Waals surface area contributed by atoms with Gasteiger partial charge in [-0.05, 0) is 32.4 Å². The van der Waals surface area contributed by atoms with E-state index < -0.39 is 9.84 Å². The van der Waals surface area contributed by atoms with Gasteiger partial charge in [0.25, 0.3) is 5.91 Å². The number of carbonyl (C=O) groups excluding carboxylic acids is 1. The number of hydrogen-bond donors (Lipinski definition) is 1. The van der Waals surface area contributed by atoms with Crippen molar-refractivity contribution in [2.45, 2.75) is 32.9 Å². The van der Waals surface area contributed by atoms with Gasteiger partial charge in [0.1, 0.15) is 18.1 Å². The summed E-state index contributed by atoms with van der Waals surface area (Å²) in [5, 5.41) is 6.66. The second-order valence-corrected chi connectivity index (χ2v) is 8.39. The fourth-order valence-electron chi connectivity index (χ4n) is 2.81. The molecule has 0 unspecified atom stereocenters. The normalized spacial score (nSPS) is 18.9. The Morgan fingerprint density at radius 1 is 1.36 bits per heavy atom. The number of para-hydroxylation sites is 1. The molecular formula is C17H20N2O5S. The molecule has 1 N–H and O–H groups in total. The van der Waals surface area contributed by atoms with E-state index >= 15 is 0 Å². The van der Waals surface area contributed by atoms with Gasteiger partial charge in [-0.1, -0.05) is 17.3 Å². The molecule has 0 aliphatic carbocycles. The fraction of sp³-hybridized carbons (Fsp3) is 0.412. The Morgan fingerprint density at radius 2 is 2.12 bits per heavy atom. The second-order valence-electron chi connectivity index (χ2n) is 6.16. The minimum atomic E-state index is -3.05. The molecule has 1 amide bonds. The summed E-state index contributed by atoms with van der Waals surface area (Å²) in [6.07, 6.45) is 0.441. The number of nitrogens with one attached hydrogen (secondary N) is 1. The van der Waals surface area contributed by atoms with Crippen LogP contribution in [-0.2, 0) is 16.4 Å². The Bertz CT molecular complexity index is 869. The van der Waals surface area contributed by atoms with E-state index in [1.54, 1.807) is 31.2 Å². The van der Waals surface area contributed by atoms with Crippen LogP contribution in [0.2, 0.25) is 0 Å². The van der Waals surface area contributed by atoms with Crippen molar-refractivity contribution in [3.05, 3.63) is 46.8 Å². The van der Waals surface area contributed by atoms with Crippen molar-refractivity contribution in [3.8, 4) is 5.75 Å². The maximum absolute atomic E-state index is 12.5. The monoisotopic (exact) mass is 364 g/mol. The summed E-state index contributed by atoms with van der Waals surface area (Å²) in [5.74, 6) is 0.871. The Labute approximate surface area is 146 Å². The number of carbonyl (C=O) groups is 1. The van der Waals surface area contributed by atoms with Crippen molar-refractivity contribution in [2.24, 2.45) is 0 Å². The van der Waals surface area contributed by atoms with Crippen LogP contribution in [0.25, 0.3) is 0 Å². The number of ether oxygens (including phenoxy) is 1. The van der Waals surface area contributed by atoms with Gasteiger partial charge in [-0.2, -0.15) is 0 Å². The lowest BCUT2D eigenvalue weighted by Crippen LogP contribution is -2.35. The van der Waals surface area contributed by atoms with E-state index in [9.17, 15) is 13.2 Å². The molecule has 25 heavy (non-hydrogen) atoms. The number of amides is 1. The first-order valence-electron chi connectivity index (χ1n) is 8.00. The first kappa shape index (κ1) is 17.5. The van der Waals surface area contributed by atoms with Gasteiger partial charge in [0, 0.05) is 6.04 Å².